The molecule has 0 saturated carbocycles. The zero-order chi connectivity index (χ0) is 13.8. The van der Waals surface area contributed by atoms with E-state index in [0.717, 1.165) is 29.4 Å². The van der Waals surface area contributed by atoms with Crippen LogP contribution in [0.1, 0.15) is 12.5 Å². The lowest BCUT2D eigenvalue weighted by Gasteiger charge is -2.12. The first-order valence-electron chi connectivity index (χ1n) is 5.49. The van der Waals surface area contributed by atoms with E-state index < -0.39 is 17.3 Å². The van der Waals surface area contributed by atoms with Crippen LogP contribution in [-0.4, -0.2) is 17.7 Å². The zero-order valence-electron chi connectivity index (χ0n) is 10.0. The fourth-order valence-electron chi connectivity index (χ4n) is 1.42. The molecule has 0 aliphatic heterocycles. The van der Waals surface area contributed by atoms with Gasteiger partial charge < -0.3 is 9.88 Å². The third-order valence-electron chi connectivity index (χ3n) is 2.33. The molecule has 1 aromatic heterocycles. The highest BCUT2D eigenvalue weighted by molar-refractivity contribution is 5.14. The summed E-state index contributed by atoms with van der Waals surface area (Å²) < 4.78 is 38.5. The van der Waals surface area contributed by atoms with Crippen LogP contribution in [0, 0.1) is 0 Å². The van der Waals surface area contributed by atoms with E-state index in [9.17, 15) is 18.0 Å². The van der Waals surface area contributed by atoms with Gasteiger partial charge in [-0.15, -0.1) is 0 Å². The summed E-state index contributed by atoms with van der Waals surface area (Å²) in [5.41, 5.74) is -0.655. The minimum absolute atomic E-state index is 0.0791. The highest BCUT2D eigenvalue weighted by atomic mass is 19.4. The predicted octanol–water partition coefficient (Wildman–Crippen LogP) is 2.03. The molecule has 18 heavy (non-hydrogen) atoms. The molecule has 0 aliphatic rings. The maximum absolute atomic E-state index is 12.5. The van der Waals surface area contributed by atoms with Crippen LogP contribution in [0.3, 0.4) is 0 Å². The summed E-state index contributed by atoms with van der Waals surface area (Å²) in [5.74, 6) is 0. The quantitative estimate of drug-likeness (QED) is 0.822. The predicted molar refractivity (Wildman–Crippen MR) is 63.4 cm³/mol. The van der Waals surface area contributed by atoms with E-state index in [-0.39, 0.29) is 6.54 Å². The second-order valence-corrected chi connectivity index (χ2v) is 3.91. The van der Waals surface area contributed by atoms with Crippen molar-refractivity contribution in [3.05, 3.63) is 46.4 Å². The van der Waals surface area contributed by atoms with Crippen LogP contribution in [0.15, 0.2) is 35.3 Å². The van der Waals surface area contributed by atoms with Crippen LogP contribution >= 0.6 is 0 Å². The summed E-state index contributed by atoms with van der Waals surface area (Å²) in [5, 5.41) is 3.00. The largest absolute Gasteiger partial charge is 0.417 e. The SMILES string of the molecule is C=C(CNCC)Cn1cc(C(F)(F)F)ccc1=O. The smallest absolute Gasteiger partial charge is 0.313 e. The highest BCUT2D eigenvalue weighted by Gasteiger charge is 2.30. The van der Waals surface area contributed by atoms with Gasteiger partial charge in [-0.2, -0.15) is 13.2 Å². The summed E-state index contributed by atoms with van der Waals surface area (Å²) in [7, 11) is 0. The van der Waals surface area contributed by atoms with Gasteiger partial charge in [-0.25, -0.2) is 0 Å². The van der Waals surface area contributed by atoms with Crippen molar-refractivity contribution in [1.82, 2.24) is 9.88 Å². The normalized spacial score (nSPS) is 11.6. The molecule has 0 fully saturated rings. The first kappa shape index (κ1) is 14.5. The van der Waals surface area contributed by atoms with Crippen molar-refractivity contribution in [2.75, 3.05) is 13.1 Å². The summed E-state index contributed by atoms with van der Waals surface area (Å²) in [6.07, 6.45) is -3.63. The molecule has 0 amide bonds. The van der Waals surface area contributed by atoms with Crippen molar-refractivity contribution in [3.63, 3.8) is 0 Å². The average molecular weight is 260 g/mol. The van der Waals surface area contributed by atoms with Gasteiger partial charge in [0.05, 0.1) is 5.56 Å². The first-order valence-corrected chi connectivity index (χ1v) is 5.49. The standard InChI is InChI=1S/C12H15F3N2O/c1-3-16-6-9(2)7-17-8-10(12(13,14)15)4-5-11(17)18/h4-5,8,16H,2-3,6-7H2,1H3. The molecule has 1 heterocycles. The van der Waals surface area contributed by atoms with Gasteiger partial charge >= 0.3 is 6.18 Å². The number of rotatable bonds is 5. The molecule has 100 valence electrons. The molecular formula is C12H15F3N2O. The Morgan fingerprint density at radius 2 is 2.11 bits per heavy atom. The van der Waals surface area contributed by atoms with Gasteiger partial charge in [0.1, 0.15) is 0 Å². The molecule has 3 nitrogen and oxygen atoms in total. The van der Waals surface area contributed by atoms with Crippen molar-refractivity contribution in [3.8, 4) is 0 Å². The van der Waals surface area contributed by atoms with Crippen molar-refractivity contribution >= 4 is 0 Å². The summed E-state index contributed by atoms with van der Waals surface area (Å²) in [4.78, 5) is 11.4. The Balaban J connectivity index is 2.88. The fraction of sp³-hybridized carbons (Fsp3) is 0.417. The van der Waals surface area contributed by atoms with Crippen LogP contribution in [0.25, 0.3) is 0 Å². The van der Waals surface area contributed by atoms with E-state index in [0.29, 0.717) is 12.1 Å². The van der Waals surface area contributed by atoms with E-state index in [2.05, 4.69) is 11.9 Å². The number of pyridine rings is 1. The Morgan fingerprint density at radius 1 is 1.44 bits per heavy atom. The number of nitrogens with zero attached hydrogens (tertiary/aromatic N) is 1. The number of halogens is 3. The second-order valence-electron chi connectivity index (χ2n) is 3.91. The Labute approximate surface area is 103 Å². The van der Waals surface area contributed by atoms with Crippen molar-refractivity contribution in [2.24, 2.45) is 0 Å². The molecule has 0 radical (unpaired) electrons. The summed E-state index contributed by atoms with van der Waals surface area (Å²) >= 11 is 0. The number of hydrogen-bond donors (Lipinski definition) is 1. The van der Waals surface area contributed by atoms with Gasteiger partial charge in [0.25, 0.3) is 5.56 Å². The molecule has 0 saturated heterocycles. The fourth-order valence-corrected chi connectivity index (χ4v) is 1.42. The van der Waals surface area contributed by atoms with Gasteiger partial charge in [0, 0.05) is 25.4 Å². The number of alkyl halides is 3. The van der Waals surface area contributed by atoms with Gasteiger partial charge in [0.2, 0.25) is 0 Å². The van der Waals surface area contributed by atoms with Crippen molar-refractivity contribution in [2.45, 2.75) is 19.6 Å². The van der Waals surface area contributed by atoms with Gasteiger partial charge in [-0.1, -0.05) is 13.5 Å². The molecule has 0 aromatic carbocycles. The van der Waals surface area contributed by atoms with Crippen molar-refractivity contribution in [1.29, 1.82) is 0 Å². The van der Waals surface area contributed by atoms with E-state index in [1.807, 2.05) is 6.92 Å². The molecule has 1 aromatic rings. The Morgan fingerprint density at radius 3 is 2.67 bits per heavy atom. The van der Waals surface area contributed by atoms with Gasteiger partial charge in [-0.05, 0) is 18.2 Å². The average Bonchev–Trinajstić information content (AvgIpc) is 2.28. The molecular weight excluding hydrogens is 245 g/mol. The monoisotopic (exact) mass is 260 g/mol. The van der Waals surface area contributed by atoms with Crippen LogP contribution in [0.4, 0.5) is 13.2 Å². The van der Waals surface area contributed by atoms with Crippen LogP contribution in [-0.2, 0) is 12.7 Å². The Kier molecular flexibility index (Phi) is 4.72. The minimum atomic E-state index is -4.45. The number of likely N-dealkylation sites (N-methyl/N-ethyl adjacent to an activating group) is 1. The molecule has 1 rings (SSSR count). The molecule has 6 heteroatoms. The topological polar surface area (TPSA) is 34.0 Å². The Bertz CT molecular complexity index is 477. The van der Waals surface area contributed by atoms with Crippen LogP contribution < -0.4 is 10.9 Å². The molecule has 0 atom stereocenters. The lowest BCUT2D eigenvalue weighted by molar-refractivity contribution is -0.138. The zero-order valence-corrected chi connectivity index (χ0v) is 10.0. The second kappa shape index (κ2) is 5.86. The third kappa shape index (κ3) is 4.03. The maximum atomic E-state index is 12.5. The number of hydrogen-bond acceptors (Lipinski definition) is 2. The molecule has 0 spiro atoms. The van der Waals surface area contributed by atoms with Crippen LogP contribution in [0.5, 0.6) is 0 Å². The van der Waals surface area contributed by atoms with Crippen molar-refractivity contribution < 1.29 is 13.2 Å². The summed E-state index contributed by atoms with van der Waals surface area (Å²) in [6.45, 7) is 6.91. The van der Waals surface area contributed by atoms with E-state index >= 15 is 0 Å². The van der Waals surface area contributed by atoms with E-state index in [1.54, 1.807) is 0 Å². The lowest BCUT2D eigenvalue weighted by atomic mass is 10.2. The Hall–Kier alpha value is -1.56. The number of aromatic nitrogens is 1. The lowest BCUT2D eigenvalue weighted by Crippen LogP contribution is -2.25. The minimum Gasteiger partial charge on any atom is -0.313 e. The van der Waals surface area contributed by atoms with Gasteiger partial charge in [0.15, 0.2) is 0 Å². The number of nitrogens with one attached hydrogen (secondary N) is 1. The summed E-state index contributed by atoms with van der Waals surface area (Å²) in [6, 6.07) is 1.70. The molecule has 0 aliphatic carbocycles. The molecule has 0 bridgehead atoms. The maximum Gasteiger partial charge on any atom is 0.417 e. The third-order valence-corrected chi connectivity index (χ3v) is 2.33. The molecule has 1 N–H and O–H groups in total. The van der Waals surface area contributed by atoms with E-state index in [4.69, 9.17) is 0 Å². The highest BCUT2D eigenvalue weighted by Crippen LogP contribution is 2.28. The van der Waals surface area contributed by atoms with E-state index in [1.165, 1.54) is 0 Å². The van der Waals surface area contributed by atoms with Gasteiger partial charge in [-0.3, -0.25) is 4.79 Å². The molecule has 0 unspecified atom stereocenters. The van der Waals surface area contributed by atoms with Crippen LogP contribution in [0.2, 0.25) is 0 Å². The first-order chi connectivity index (χ1) is 8.34.